The molecule has 3 rings (SSSR count). The van der Waals surface area contributed by atoms with Crippen molar-refractivity contribution in [2.24, 2.45) is 12.0 Å². The fraction of sp³-hybridized carbons (Fsp3) is 0.167. The van der Waals surface area contributed by atoms with Crippen molar-refractivity contribution in [1.29, 1.82) is 0 Å². The summed E-state index contributed by atoms with van der Waals surface area (Å²) >= 11 is 11.0. The van der Waals surface area contributed by atoms with Gasteiger partial charge in [0.15, 0.2) is 4.80 Å². The lowest BCUT2D eigenvalue weighted by molar-refractivity contribution is 0.521. The van der Waals surface area contributed by atoms with Crippen LogP contribution in [0.3, 0.4) is 0 Å². The summed E-state index contributed by atoms with van der Waals surface area (Å²) in [7, 11) is 1.24. The fourth-order valence-electron chi connectivity index (χ4n) is 2.42. The van der Waals surface area contributed by atoms with Crippen LogP contribution < -0.4 is 4.80 Å². The van der Waals surface area contributed by atoms with Gasteiger partial charge in [0.25, 0.3) is 0 Å². The van der Waals surface area contributed by atoms with Gasteiger partial charge in [-0.3, -0.25) is 0 Å². The zero-order chi connectivity index (χ0) is 19.8. The highest BCUT2D eigenvalue weighted by Crippen LogP contribution is 2.29. The summed E-state index contributed by atoms with van der Waals surface area (Å²) in [4.78, 5) is 5.55. The highest BCUT2D eigenvalue weighted by molar-refractivity contribution is 9.10. The number of rotatable bonds is 4. The highest BCUT2D eigenvalue weighted by Gasteiger charge is 2.22. The Kier molecular flexibility index (Phi) is 7.69. The monoisotopic (exact) mass is 565 g/mol. The third-order valence-corrected chi connectivity index (χ3v) is 7.70. The van der Waals surface area contributed by atoms with Crippen molar-refractivity contribution in [1.82, 2.24) is 8.87 Å². The average molecular weight is 568 g/mol. The second kappa shape index (κ2) is 9.23. The maximum absolute atomic E-state index is 12.5. The van der Waals surface area contributed by atoms with Crippen molar-refractivity contribution < 1.29 is 8.42 Å². The number of hydrogen-bond acceptors (Lipinski definition) is 4. The first-order valence-electron chi connectivity index (χ1n) is 7.87. The van der Waals surface area contributed by atoms with Crippen LogP contribution in [-0.4, -0.2) is 31.4 Å². The Balaban J connectivity index is 0.00000280. The summed E-state index contributed by atoms with van der Waals surface area (Å²) in [5.41, 5.74) is 2.47. The van der Waals surface area contributed by atoms with Crippen LogP contribution in [0.1, 0.15) is 0 Å². The average Bonchev–Trinajstić information content (AvgIpc) is 2.98. The van der Waals surface area contributed by atoms with Gasteiger partial charge >= 0.3 is 0 Å². The molecule has 2 aromatic carbocycles. The molecule has 0 atom stereocenters. The van der Waals surface area contributed by atoms with E-state index in [0.717, 1.165) is 30.5 Å². The number of halogens is 3. The van der Waals surface area contributed by atoms with Gasteiger partial charge in [-0.1, -0.05) is 33.6 Å². The van der Waals surface area contributed by atoms with Crippen LogP contribution in [-0.2, 0) is 17.1 Å². The SMILES string of the molecule is Br.CN(C)S(=O)(=O)c1cc(-c2csc(=Nc3ccc(Br)cc3)n2C)ccc1Cl. The van der Waals surface area contributed by atoms with E-state index in [-0.39, 0.29) is 26.9 Å². The molecule has 0 saturated heterocycles. The first-order valence-corrected chi connectivity index (χ1v) is 11.4. The first kappa shape index (κ1) is 23.3. The van der Waals surface area contributed by atoms with Crippen molar-refractivity contribution in [3.05, 3.63) is 62.1 Å². The molecule has 1 aromatic heterocycles. The van der Waals surface area contributed by atoms with Crippen molar-refractivity contribution in [2.45, 2.75) is 4.90 Å². The Hall–Kier alpha value is -0.970. The van der Waals surface area contributed by atoms with E-state index in [2.05, 4.69) is 20.9 Å². The van der Waals surface area contributed by atoms with Crippen LogP contribution in [0.25, 0.3) is 11.3 Å². The van der Waals surface area contributed by atoms with Crippen molar-refractivity contribution in [3.63, 3.8) is 0 Å². The predicted octanol–water partition coefficient (Wildman–Crippen LogP) is 5.23. The van der Waals surface area contributed by atoms with Gasteiger partial charge < -0.3 is 4.57 Å². The van der Waals surface area contributed by atoms with E-state index in [1.165, 1.54) is 25.4 Å². The second-order valence-corrected chi connectivity index (χ2v) is 10.3. The van der Waals surface area contributed by atoms with Crippen LogP contribution >= 0.6 is 55.8 Å². The van der Waals surface area contributed by atoms with Crippen LogP contribution in [0.4, 0.5) is 5.69 Å². The molecule has 0 N–H and O–H groups in total. The topological polar surface area (TPSA) is 54.7 Å². The van der Waals surface area contributed by atoms with Crippen LogP contribution in [0.5, 0.6) is 0 Å². The van der Waals surface area contributed by atoms with E-state index in [1.54, 1.807) is 12.1 Å². The largest absolute Gasteiger partial charge is 0.320 e. The maximum Gasteiger partial charge on any atom is 0.244 e. The Morgan fingerprint density at radius 2 is 1.79 bits per heavy atom. The van der Waals surface area contributed by atoms with E-state index in [0.29, 0.717) is 0 Å². The van der Waals surface area contributed by atoms with E-state index in [4.69, 9.17) is 11.6 Å². The lowest BCUT2D eigenvalue weighted by Gasteiger charge is -2.14. The number of sulfonamides is 1. The van der Waals surface area contributed by atoms with Gasteiger partial charge in [0.2, 0.25) is 10.0 Å². The number of benzene rings is 2. The van der Waals surface area contributed by atoms with Gasteiger partial charge in [0.1, 0.15) is 4.90 Å². The highest BCUT2D eigenvalue weighted by atomic mass is 79.9. The van der Waals surface area contributed by atoms with Crippen LogP contribution in [0.2, 0.25) is 5.02 Å². The molecule has 0 fully saturated rings. The van der Waals surface area contributed by atoms with E-state index >= 15 is 0 Å². The van der Waals surface area contributed by atoms with Gasteiger partial charge in [-0.15, -0.1) is 28.3 Å². The lowest BCUT2D eigenvalue weighted by Crippen LogP contribution is -2.22. The minimum atomic E-state index is -3.63. The van der Waals surface area contributed by atoms with Crippen molar-refractivity contribution in [2.75, 3.05) is 14.1 Å². The molecule has 0 bridgehead atoms. The van der Waals surface area contributed by atoms with E-state index in [9.17, 15) is 8.42 Å². The molecule has 28 heavy (non-hydrogen) atoms. The molecule has 0 spiro atoms. The molecule has 0 saturated carbocycles. The van der Waals surface area contributed by atoms with Gasteiger partial charge in [-0.2, -0.15) is 0 Å². The summed E-state index contributed by atoms with van der Waals surface area (Å²) < 4.78 is 29.1. The molecule has 5 nitrogen and oxygen atoms in total. The minimum Gasteiger partial charge on any atom is -0.320 e. The Labute approximate surface area is 192 Å². The fourth-order valence-corrected chi connectivity index (χ4v) is 5.00. The maximum atomic E-state index is 12.5. The molecule has 3 aromatic rings. The van der Waals surface area contributed by atoms with Gasteiger partial charge in [0, 0.05) is 36.6 Å². The smallest absolute Gasteiger partial charge is 0.244 e. The molecule has 0 unspecified atom stereocenters. The first-order chi connectivity index (χ1) is 12.7. The molecule has 0 radical (unpaired) electrons. The lowest BCUT2D eigenvalue weighted by atomic mass is 10.2. The summed E-state index contributed by atoms with van der Waals surface area (Å²) in [5.74, 6) is 0. The van der Waals surface area contributed by atoms with Crippen LogP contribution in [0, 0.1) is 0 Å². The third-order valence-electron chi connectivity index (χ3n) is 3.96. The zero-order valence-electron chi connectivity index (χ0n) is 15.3. The summed E-state index contributed by atoms with van der Waals surface area (Å²) in [6.07, 6.45) is 0. The Bertz CT molecular complexity index is 1150. The molecule has 0 amide bonds. The summed E-state index contributed by atoms with van der Waals surface area (Å²) in [6, 6.07) is 12.7. The molecule has 0 aliphatic rings. The van der Waals surface area contributed by atoms with Crippen molar-refractivity contribution in [3.8, 4) is 11.3 Å². The van der Waals surface area contributed by atoms with E-state index in [1.807, 2.05) is 47.3 Å². The molecule has 0 aliphatic carbocycles. The molecule has 0 aliphatic heterocycles. The van der Waals surface area contributed by atoms with Gasteiger partial charge in [-0.25, -0.2) is 17.7 Å². The molecule has 10 heteroatoms. The normalized spacial score (nSPS) is 12.3. The van der Waals surface area contributed by atoms with Gasteiger partial charge in [0.05, 0.1) is 16.4 Å². The van der Waals surface area contributed by atoms with Crippen LogP contribution in [0.15, 0.2) is 62.2 Å². The number of hydrogen-bond donors (Lipinski definition) is 0. The number of nitrogens with zero attached hydrogens (tertiary/aromatic N) is 3. The molecular formula is C18H18Br2ClN3O2S2. The standard InChI is InChI=1S/C18H17BrClN3O2S2.BrH/c1-22(2)27(24,25)17-10-12(4-9-15(17)20)16-11-26-18(23(16)3)21-14-7-5-13(19)6-8-14;/h4-11H,1-3H3;1H. The third kappa shape index (κ3) is 4.77. The molecular weight excluding hydrogens is 550 g/mol. The number of thiazole rings is 1. The van der Waals surface area contributed by atoms with Gasteiger partial charge in [-0.05, 0) is 36.4 Å². The molecule has 150 valence electrons. The second-order valence-electron chi connectivity index (χ2n) is 5.98. The summed E-state index contributed by atoms with van der Waals surface area (Å²) in [6.45, 7) is 0. The molecule has 1 heterocycles. The Morgan fingerprint density at radius 1 is 1.14 bits per heavy atom. The minimum absolute atomic E-state index is 0. The predicted molar refractivity (Wildman–Crippen MR) is 124 cm³/mol. The quantitative estimate of drug-likeness (QED) is 0.434. The Morgan fingerprint density at radius 3 is 2.39 bits per heavy atom. The van der Waals surface area contributed by atoms with E-state index < -0.39 is 10.0 Å². The van der Waals surface area contributed by atoms with Crippen molar-refractivity contribution >= 4 is 71.6 Å². The number of aromatic nitrogens is 1. The zero-order valence-corrected chi connectivity index (χ0v) is 20.9. The summed E-state index contributed by atoms with van der Waals surface area (Å²) in [5, 5.41) is 2.15.